The average Bonchev–Trinajstić information content (AvgIpc) is 3.65. The van der Waals surface area contributed by atoms with Gasteiger partial charge in [-0.3, -0.25) is 14.4 Å². The molecule has 1 aliphatic heterocycles. The molecule has 34 heavy (non-hydrogen) atoms. The van der Waals surface area contributed by atoms with Crippen LogP contribution in [0.15, 0.2) is 36.5 Å². The second-order valence-electron chi connectivity index (χ2n) is 9.45. The molecule has 1 saturated heterocycles. The van der Waals surface area contributed by atoms with Crippen LogP contribution in [-0.2, 0) is 14.4 Å². The molecule has 1 saturated carbocycles. The lowest BCUT2D eigenvalue weighted by molar-refractivity contribution is -0.152. The van der Waals surface area contributed by atoms with E-state index in [4.69, 9.17) is 5.73 Å². The molecule has 8 nitrogen and oxygen atoms in total. The minimum absolute atomic E-state index is 0.0308. The Kier molecular flexibility index (Phi) is 6.54. The Morgan fingerprint density at radius 1 is 1.12 bits per heavy atom. The number of carbonyl (C=O) groups excluding carboxylic acids is 3. The molecule has 3 amide bonds. The van der Waals surface area contributed by atoms with Gasteiger partial charge in [-0.1, -0.05) is 26.0 Å². The van der Waals surface area contributed by atoms with Gasteiger partial charge in [0.15, 0.2) is 0 Å². The molecule has 2 aliphatic rings. The maximum Gasteiger partial charge on any atom is 0.313 e. The summed E-state index contributed by atoms with van der Waals surface area (Å²) in [4.78, 5) is 46.4. The van der Waals surface area contributed by atoms with E-state index in [1.54, 1.807) is 23.1 Å². The first-order valence-electron chi connectivity index (χ1n) is 11.6. The predicted molar refractivity (Wildman–Crippen MR) is 126 cm³/mol. The van der Waals surface area contributed by atoms with Crippen molar-refractivity contribution in [1.82, 2.24) is 14.8 Å². The summed E-state index contributed by atoms with van der Waals surface area (Å²) in [5, 5.41) is 2.65. The van der Waals surface area contributed by atoms with Crippen molar-refractivity contribution in [2.75, 3.05) is 24.1 Å². The summed E-state index contributed by atoms with van der Waals surface area (Å²) >= 11 is 0. The van der Waals surface area contributed by atoms with Crippen LogP contribution >= 0.6 is 0 Å². The van der Waals surface area contributed by atoms with Gasteiger partial charge in [0, 0.05) is 25.0 Å². The van der Waals surface area contributed by atoms with Crippen molar-refractivity contribution < 1.29 is 18.8 Å². The van der Waals surface area contributed by atoms with E-state index in [-0.39, 0.29) is 31.0 Å². The van der Waals surface area contributed by atoms with Crippen molar-refractivity contribution in [3.8, 4) is 0 Å². The lowest BCUT2D eigenvalue weighted by Crippen LogP contribution is -2.59. The third-order valence-electron chi connectivity index (χ3n) is 6.45. The van der Waals surface area contributed by atoms with E-state index in [1.165, 1.54) is 23.2 Å². The molecular formula is C25H30FN5O3. The molecule has 0 radical (unpaired) electrons. The third-order valence-corrected chi connectivity index (χ3v) is 6.45. The van der Waals surface area contributed by atoms with Crippen molar-refractivity contribution in [2.24, 2.45) is 5.92 Å². The van der Waals surface area contributed by atoms with Crippen LogP contribution in [-0.4, -0.2) is 51.6 Å². The Balaban J connectivity index is 1.57. The number of halogens is 1. The summed E-state index contributed by atoms with van der Waals surface area (Å²) in [5.74, 6) is -1.38. The number of pyridine rings is 1. The van der Waals surface area contributed by atoms with E-state index >= 15 is 0 Å². The summed E-state index contributed by atoms with van der Waals surface area (Å²) in [5.41, 5.74) is 7.89. The average molecular weight is 468 g/mol. The minimum atomic E-state index is -0.795. The van der Waals surface area contributed by atoms with Gasteiger partial charge < -0.3 is 20.9 Å². The van der Waals surface area contributed by atoms with Gasteiger partial charge in [0.1, 0.15) is 11.6 Å². The van der Waals surface area contributed by atoms with E-state index in [9.17, 15) is 18.8 Å². The number of hydrogen-bond donors (Lipinski definition) is 2. The van der Waals surface area contributed by atoms with Gasteiger partial charge in [-0.2, -0.15) is 0 Å². The van der Waals surface area contributed by atoms with Crippen LogP contribution in [0.25, 0.3) is 0 Å². The fraction of sp³-hybridized carbons (Fsp3) is 0.440. The van der Waals surface area contributed by atoms with E-state index in [0.29, 0.717) is 23.0 Å². The number of anilines is 2. The Labute approximate surface area is 198 Å². The van der Waals surface area contributed by atoms with Crippen LogP contribution in [0, 0.1) is 11.7 Å². The molecule has 1 aromatic heterocycles. The molecule has 180 valence electrons. The molecule has 4 rings (SSSR count). The highest BCUT2D eigenvalue weighted by molar-refractivity contribution is 6.39. The first kappa shape index (κ1) is 23.7. The van der Waals surface area contributed by atoms with E-state index in [1.807, 2.05) is 20.8 Å². The third kappa shape index (κ3) is 4.88. The summed E-state index contributed by atoms with van der Waals surface area (Å²) in [6.07, 6.45) is 3.49. The second kappa shape index (κ2) is 9.40. The standard InChI is InChI=1S/C25H30FN5O3/c1-14(2)24(33)30-13-21(17-6-8-18(26)9-7-17)31(12-15(30)3)25(34)23(32)29-19-10-20(16-4-5-16)22(27)28-11-19/h6-11,14-16,21H,4-5,12-13H2,1-3H3,(H2,27,28)(H,29,32)/t15-,21-/m1/s1. The molecule has 0 bridgehead atoms. The maximum absolute atomic E-state index is 13.6. The summed E-state index contributed by atoms with van der Waals surface area (Å²) in [6, 6.07) is 6.70. The number of aromatic nitrogens is 1. The van der Waals surface area contributed by atoms with Crippen molar-refractivity contribution in [3.05, 3.63) is 53.5 Å². The van der Waals surface area contributed by atoms with Crippen LogP contribution < -0.4 is 11.1 Å². The lowest BCUT2D eigenvalue weighted by atomic mass is 9.98. The molecular weight excluding hydrogens is 437 g/mol. The van der Waals surface area contributed by atoms with Crippen LogP contribution in [0.2, 0.25) is 0 Å². The van der Waals surface area contributed by atoms with Crippen molar-refractivity contribution in [1.29, 1.82) is 0 Å². The second-order valence-corrected chi connectivity index (χ2v) is 9.45. The van der Waals surface area contributed by atoms with Crippen molar-refractivity contribution >= 4 is 29.2 Å². The fourth-order valence-corrected chi connectivity index (χ4v) is 4.41. The Morgan fingerprint density at radius 2 is 1.79 bits per heavy atom. The lowest BCUT2D eigenvalue weighted by Gasteiger charge is -2.45. The number of rotatable bonds is 4. The molecule has 0 unspecified atom stereocenters. The summed E-state index contributed by atoms with van der Waals surface area (Å²) < 4.78 is 13.6. The van der Waals surface area contributed by atoms with Crippen LogP contribution in [0.5, 0.6) is 0 Å². The summed E-state index contributed by atoms with van der Waals surface area (Å²) in [7, 11) is 0. The Morgan fingerprint density at radius 3 is 2.41 bits per heavy atom. The molecule has 1 aliphatic carbocycles. The highest BCUT2D eigenvalue weighted by Gasteiger charge is 2.40. The van der Waals surface area contributed by atoms with Gasteiger partial charge in [0.2, 0.25) is 5.91 Å². The number of amides is 3. The SMILES string of the molecule is CC(C)C(=O)N1C[C@H](c2ccc(F)cc2)N(C(=O)C(=O)Nc2cnc(N)c(C3CC3)c2)C[C@H]1C. The molecule has 2 aromatic rings. The zero-order valence-electron chi connectivity index (χ0n) is 19.6. The van der Waals surface area contributed by atoms with E-state index in [2.05, 4.69) is 10.3 Å². The molecule has 1 aromatic carbocycles. The summed E-state index contributed by atoms with van der Waals surface area (Å²) in [6.45, 7) is 5.90. The zero-order valence-corrected chi connectivity index (χ0v) is 19.6. The van der Waals surface area contributed by atoms with E-state index < -0.39 is 23.7 Å². The molecule has 2 heterocycles. The highest BCUT2D eigenvalue weighted by atomic mass is 19.1. The van der Waals surface area contributed by atoms with Crippen LogP contribution in [0.4, 0.5) is 15.9 Å². The molecule has 2 atom stereocenters. The number of nitrogen functional groups attached to an aromatic ring is 1. The van der Waals surface area contributed by atoms with Crippen molar-refractivity contribution in [2.45, 2.75) is 51.6 Å². The van der Waals surface area contributed by atoms with E-state index in [0.717, 1.165) is 18.4 Å². The minimum Gasteiger partial charge on any atom is -0.383 e. The predicted octanol–water partition coefficient (Wildman–Crippen LogP) is 3.08. The fourth-order valence-electron chi connectivity index (χ4n) is 4.41. The number of benzene rings is 1. The van der Waals surface area contributed by atoms with Gasteiger partial charge >= 0.3 is 11.8 Å². The number of nitrogens with two attached hydrogens (primary N) is 1. The van der Waals surface area contributed by atoms with Gasteiger partial charge in [-0.15, -0.1) is 0 Å². The normalized spacial score (nSPS) is 20.4. The Bertz CT molecular complexity index is 1100. The molecule has 3 N–H and O–H groups in total. The monoisotopic (exact) mass is 467 g/mol. The van der Waals surface area contributed by atoms with Crippen LogP contribution in [0.1, 0.15) is 56.7 Å². The van der Waals surface area contributed by atoms with Crippen LogP contribution in [0.3, 0.4) is 0 Å². The van der Waals surface area contributed by atoms with Gasteiger partial charge in [0.05, 0.1) is 17.9 Å². The first-order chi connectivity index (χ1) is 16.2. The molecule has 0 spiro atoms. The first-order valence-corrected chi connectivity index (χ1v) is 11.6. The largest absolute Gasteiger partial charge is 0.383 e. The number of carbonyl (C=O) groups is 3. The topological polar surface area (TPSA) is 109 Å². The van der Waals surface area contributed by atoms with Gasteiger partial charge in [-0.25, -0.2) is 9.37 Å². The molecule has 2 fully saturated rings. The maximum atomic E-state index is 13.6. The quantitative estimate of drug-likeness (QED) is 0.672. The number of hydrogen-bond acceptors (Lipinski definition) is 5. The number of nitrogens with one attached hydrogen (secondary N) is 1. The zero-order chi connectivity index (χ0) is 24.6. The van der Waals surface area contributed by atoms with Gasteiger partial charge in [-0.05, 0) is 55.0 Å². The number of piperazine rings is 1. The Hall–Kier alpha value is -3.49. The molecule has 9 heteroatoms. The van der Waals surface area contributed by atoms with Crippen molar-refractivity contribution in [3.63, 3.8) is 0 Å². The van der Waals surface area contributed by atoms with Gasteiger partial charge in [0.25, 0.3) is 0 Å². The smallest absolute Gasteiger partial charge is 0.313 e. The number of nitrogens with zero attached hydrogens (tertiary/aromatic N) is 3. The highest BCUT2D eigenvalue weighted by Crippen LogP contribution is 2.42.